The van der Waals surface area contributed by atoms with E-state index in [-0.39, 0.29) is 11.9 Å². The predicted molar refractivity (Wildman–Crippen MR) is 110 cm³/mol. The van der Waals surface area contributed by atoms with Crippen LogP contribution in [-0.2, 0) is 4.74 Å². The van der Waals surface area contributed by atoms with E-state index in [9.17, 15) is 4.79 Å². The van der Waals surface area contributed by atoms with Crippen molar-refractivity contribution in [2.45, 2.75) is 13.0 Å². The van der Waals surface area contributed by atoms with Gasteiger partial charge in [-0.2, -0.15) is 0 Å². The van der Waals surface area contributed by atoms with Gasteiger partial charge in [0.05, 0.1) is 29.8 Å². The highest BCUT2D eigenvalue weighted by Gasteiger charge is 2.24. The van der Waals surface area contributed by atoms with Gasteiger partial charge in [-0.05, 0) is 36.8 Å². The summed E-state index contributed by atoms with van der Waals surface area (Å²) in [5.74, 6) is -0.175. The lowest BCUT2D eigenvalue weighted by molar-refractivity contribution is 0.0161. The van der Waals surface area contributed by atoms with Gasteiger partial charge in [-0.25, -0.2) is 0 Å². The molecule has 0 spiro atoms. The molecule has 146 valence electrons. The fourth-order valence-corrected chi connectivity index (χ4v) is 3.89. The monoisotopic (exact) mass is 398 g/mol. The molecule has 4 rings (SSSR count). The highest BCUT2D eigenvalue weighted by atomic mass is 35.5. The minimum Gasteiger partial charge on any atom is -0.379 e. The van der Waals surface area contributed by atoms with Gasteiger partial charge in [0.25, 0.3) is 5.91 Å². The van der Waals surface area contributed by atoms with Crippen LogP contribution in [0.5, 0.6) is 0 Å². The van der Waals surface area contributed by atoms with E-state index in [0.717, 1.165) is 35.2 Å². The molecule has 2 aromatic heterocycles. The molecule has 1 unspecified atom stereocenters. The first-order valence-electron chi connectivity index (χ1n) is 9.41. The van der Waals surface area contributed by atoms with Crippen molar-refractivity contribution in [1.29, 1.82) is 0 Å². The normalized spacial score (nSPS) is 16.2. The summed E-state index contributed by atoms with van der Waals surface area (Å²) >= 11 is 6.46. The second-order valence-electron chi connectivity index (χ2n) is 6.97. The number of halogens is 1. The van der Waals surface area contributed by atoms with Crippen molar-refractivity contribution in [3.8, 4) is 0 Å². The molecule has 0 saturated carbocycles. The predicted octanol–water partition coefficient (Wildman–Crippen LogP) is 3.33. The Kier molecular flexibility index (Phi) is 5.62. The standard InChI is InChI=1S/C21H23ClN4O2/c1-14-2-3-15(12-24-14)19(26-8-10-28-11-9-26)13-25-21(27)17-4-5-18-16(20(17)22)6-7-23-18/h2-7,12,19,23H,8-11,13H2,1H3,(H,25,27). The summed E-state index contributed by atoms with van der Waals surface area (Å²) in [6, 6.07) is 9.63. The smallest absolute Gasteiger partial charge is 0.252 e. The van der Waals surface area contributed by atoms with Crippen LogP contribution in [0.4, 0.5) is 0 Å². The number of ether oxygens (including phenoxy) is 1. The van der Waals surface area contributed by atoms with Crippen LogP contribution in [0.15, 0.2) is 42.7 Å². The number of hydrogen-bond donors (Lipinski definition) is 2. The number of hydrogen-bond acceptors (Lipinski definition) is 4. The Morgan fingerprint density at radius 3 is 2.86 bits per heavy atom. The quantitative estimate of drug-likeness (QED) is 0.691. The molecule has 1 atom stereocenters. The van der Waals surface area contributed by atoms with Crippen molar-refractivity contribution < 1.29 is 9.53 Å². The lowest BCUT2D eigenvalue weighted by Gasteiger charge is -2.34. The van der Waals surface area contributed by atoms with Gasteiger partial charge in [-0.15, -0.1) is 0 Å². The molecule has 1 aromatic carbocycles. The van der Waals surface area contributed by atoms with Crippen LogP contribution < -0.4 is 5.32 Å². The molecule has 2 N–H and O–H groups in total. The number of carbonyl (C=O) groups is 1. The zero-order valence-corrected chi connectivity index (χ0v) is 16.5. The van der Waals surface area contributed by atoms with Crippen LogP contribution in [0.25, 0.3) is 10.9 Å². The van der Waals surface area contributed by atoms with Crippen molar-refractivity contribution in [2.75, 3.05) is 32.8 Å². The summed E-state index contributed by atoms with van der Waals surface area (Å²) in [6.07, 6.45) is 3.71. The van der Waals surface area contributed by atoms with E-state index in [1.807, 2.05) is 37.5 Å². The van der Waals surface area contributed by atoms with Gasteiger partial charge in [-0.3, -0.25) is 14.7 Å². The second-order valence-corrected chi connectivity index (χ2v) is 7.35. The first-order valence-corrected chi connectivity index (χ1v) is 9.79. The first-order chi connectivity index (χ1) is 13.6. The Morgan fingerprint density at radius 1 is 1.29 bits per heavy atom. The Morgan fingerprint density at radius 2 is 2.11 bits per heavy atom. The fraction of sp³-hybridized carbons (Fsp3) is 0.333. The number of benzene rings is 1. The van der Waals surface area contributed by atoms with E-state index < -0.39 is 0 Å². The average molecular weight is 399 g/mol. The fourth-order valence-electron chi connectivity index (χ4n) is 3.58. The molecule has 0 bridgehead atoms. The molecule has 1 amide bonds. The molecule has 1 fully saturated rings. The number of aromatic amines is 1. The zero-order valence-electron chi connectivity index (χ0n) is 15.7. The Bertz CT molecular complexity index is 964. The first kappa shape index (κ1) is 18.9. The van der Waals surface area contributed by atoms with Gasteiger partial charge >= 0.3 is 0 Å². The molecule has 3 aromatic rings. The zero-order chi connectivity index (χ0) is 19.5. The number of nitrogens with zero attached hydrogens (tertiary/aromatic N) is 2. The Hall–Kier alpha value is -2.41. The SMILES string of the molecule is Cc1ccc(C(CNC(=O)c2ccc3[nH]ccc3c2Cl)N2CCOCC2)cn1. The minimum absolute atomic E-state index is 0.0377. The number of morpholine rings is 1. The molecule has 6 nitrogen and oxygen atoms in total. The van der Waals surface area contributed by atoms with Crippen LogP contribution in [0.2, 0.25) is 5.02 Å². The number of rotatable bonds is 5. The third-order valence-electron chi connectivity index (χ3n) is 5.17. The number of carbonyl (C=O) groups excluding carboxylic acids is 1. The molecule has 3 heterocycles. The highest BCUT2D eigenvalue weighted by Crippen LogP contribution is 2.27. The molecule has 1 saturated heterocycles. The second kappa shape index (κ2) is 8.31. The Labute approximate surface area is 168 Å². The molecule has 1 aliphatic heterocycles. The van der Waals surface area contributed by atoms with E-state index >= 15 is 0 Å². The molecular weight excluding hydrogens is 376 g/mol. The maximum Gasteiger partial charge on any atom is 0.252 e. The third-order valence-corrected chi connectivity index (χ3v) is 5.58. The minimum atomic E-state index is -0.175. The molecular formula is C21H23ClN4O2. The van der Waals surface area contributed by atoms with Crippen molar-refractivity contribution in [3.63, 3.8) is 0 Å². The van der Waals surface area contributed by atoms with Gasteiger partial charge < -0.3 is 15.0 Å². The van der Waals surface area contributed by atoms with Gasteiger partial charge in [-0.1, -0.05) is 17.7 Å². The number of aryl methyl sites for hydroxylation is 1. The molecule has 1 aliphatic rings. The van der Waals surface area contributed by atoms with Gasteiger partial charge in [0.2, 0.25) is 0 Å². The number of pyridine rings is 1. The molecule has 0 aliphatic carbocycles. The highest BCUT2D eigenvalue weighted by molar-refractivity contribution is 6.38. The van der Waals surface area contributed by atoms with Crippen molar-refractivity contribution in [2.24, 2.45) is 0 Å². The summed E-state index contributed by atoms with van der Waals surface area (Å²) in [6.45, 7) is 5.48. The lowest BCUT2D eigenvalue weighted by Crippen LogP contribution is -2.43. The van der Waals surface area contributed by atoms with Gasteiger partial charge in [0.1, 0.15) is 0 Å². The third kappa shape index (κ3) is 3.90. The summed E-state index contributed by atoms with van der Waals surface area (Å²) < 4.78 is 5.48. The van der Waals surface area contributed by atoms with Crippen molar-refractivity contribution >= 4 is 28.4 Å². The number of amides is 1. The van der Waals surface area contributed by atoms with Crippen molar-refractivity contribution in [1.82, 2.24) is 20.2 Å². The maximum atomic E-state index is 12.8. The summed E-state index contributed by atoms with van der Waals surface area (Å²) in [7, 11) is 0. The number of nitrogens with one attached hydrogen (secondary N) is 2. The van der Waals surface area contributed by atoms with E-state index in [1.165, 1.54) is 0 Å². The molecule has 28 heavy (non-hydrogen) atoms. The average Bonchev–Trinajstić information content (AvgIpc) is 3.20. The lowest BCUT2D eigenvalue weighted by atomic mass is 10.1. The Balaban J connectivity index is 1.53. The largest absolute Gasteiger partial charge is 0.379 e. The van der Waals surface area contributed by atoms with Gasteiger partial charge in [0.15, 0.2) is 0 Å². The van der Waals surface area contributed by atoms with Crippen LogP contribution in [0, 0.1) is 6.92 Å². The number of fused-ring (bicyclic) bond motifs is 1. The van der Waals surface area contributed by atoms with Crippen LogP contribution >= 0.6 is 11.6 Å². The van der Waals surface area contributed by atoms with E-state index in [2.05, 4.69) is 26.3 Å². The van der Waals surface area contributed by atoms with E-state index in [4.69, 9.17) is 16.3 Å². The summed E-state index contributed by atoms with van der Waals surface area (Å²) in [5.41, 5.74) is 3.45. The van der Waals surface area contributed by atoms with Crippen LogP contribution in [0.1, 0.15) is 27.7 Å². The topological polar surface area (TPSA) is 70.2 Å². The summed E-state index contributed by atoms with van der Waals surface area (Å²) in [4.78, 5) is 22.7. The molecule has 7 heteroatoms. The van der Waals surface area contributed by atoms with Crippen molar-refractivity contribution in [3.05, 3.63) is 64.6 Å². The van der Waals surface area contributed by atoms with Crippen LogP contribution in [-0.4, -0.2) is 53.6 Å². The van der Waals surface area contributed by atoms with Gasteiger partial charge in [0, 0.05) is 48.6 Å². The number of aromatic nitrogens is 2. The summed E-state index contributed by atoms with van der Waals surface area (Å²) in [5, 5.41) is 4.38. The van der Waals surface area contributed by atoms with E-state index in [0.29, 0.717) is 30.3 Å². The van der Waals surface area contributed by atoms with Crippen LogP contribution in [0.3, 0.4) is 0 Å². The van der Waals surface area contributed by atoms with E-state index in [1.54, 1.807) is 6.07 Å². The molecule has 0 radical (unpaired) electrons. The maximum absolute atomic E-state index is 12.8. The number of H-pyrrole nitrogens is 1.